The SMILES string of the molecule is CC(C)OC(=O)C1(CN)CC1. The number of hydrogen-bond donors (Lipinski definition) is 1. The Kier molecular flexibility index (Phi) is 2.18. The zero-order valence-electron chi connectivity index (χ0n) is 7.09. The Morgan fingerprint density at radius 2 is 2.18 bits per heavy atom. The Bertz CT molecular complexity index is 161. The van der Waals surface area contributed by atoms with Crippen LogP contribution in [-0.2, 0) is 9.53 Å². The molecule has 0 spiro atoms. The van der Waals surface area contributed by atoms with Crippen molar-refractivity contribution in [1.82, 2.24) is 0 Å². The van der Waals surface area contributed by atoms with Gasteiger partial charge in [0.25, 0.3) is 0 Å². The fraction of sp³-hybridized carbons (Fsp3) is 0.875. The van der Waals surface area contributed by atoms with E-state index in [1.165, 1.54) is 0 Å². The summed E-state index contributed by atoms with van der Waals surface area (Å²) in [5.74, 6) is -0.116. The second kappa shape index (κ2) is 2.81. The maximum absolute atomic E-state index is 11.3. The van der Waals surface area contributed by atoms with Crippen molar-refractivity contribution in [2.75, 3.05) is 6.54 Å². The van der Waals surface area contributed by atoms with Crippen molar-refractivity contribution in [3.8, 4) is 0 Å². The highest BCUT2D eigenvalue weighted by atomic mass is 16.5. The van der Waals surface area contributed by atoms with Crippen LogP contribution in [-0.4, -0.2) is 18.6 Å². The Morgan fingerprint density at radius 3 is 2.45 bits per heavy atom. The topological polar surface area (TPSA) is 52.3 Å². The minimum atomic E-state index is -0.301. The predicted octanol–water partition coefficient (Wildman–Crippen LogP) is 0.677. The van der Waals surface area contributed by atoms with Crippen LogP contribution in [0, 0.1) is 5.41 Å². The van der Waals surface area contributed by atoms with Crippen LogP contribution in [0.25, 0.3) is 0 Å². The molecule has 0 radical (unpaired) electrons. The maximum Gasteiger partial charge on any atom is 0.313 e. The summed E-state index contributed by atoms with van der Waals surface area (Å²) in [6.07, 6.45) is 1.77. The number of rotatable bonds is 3. The van der Waals surface area contributed by atoms with E-state index in [-0.39, 0.29) is 17.5 Å². The Labute approximate surface area is 66.9 Å². The molecule has 1 rings (SSSR count). The zero-order chi connectivity index (χ0) is 8.48. The number of carbonyl (C=O) groups is 1. The van der Waals surface area contributed by atoms with Crippen LogP contribution < -0.4 is 5.73 Å². The van der Waals surface area contributed by atoms with E-state index in [4.69, 9.17) is 10.5 Å². The van der Waals surface area contributed by atoms with Gasteiger partial charge in [0.05, 0.1) is 11.5 Å². The van der Waals surface area contributed by atoms with Gasteiger partial charge in [0, 0.05) is 6.54 Å². The fourth-order valence-electron chi connectivity index (χ4n) is 0.982. The molecule has 0 aromatic carbocycles. The zero-order valence-corrected chi connectivity index (χ0v) is 7.09. The molecule has 11 heavy (non-hydrogen) atoms. The highest BCUT2D eigenvalue weighted by Gasteiger charge is 2.50. The summed E-state index contributed by atoms with van der Waals surface area (Å²) in [5.41, 5.74) is 5.14. The van der Waals surface area contributed by atoms with Crippen LogP contribution in [0.3, 0.4) is 0 Å². The first-order valence-electron chi connectivity index (χ1n) is 4.02. The van der Waals surface area contributed by atoms with Crippen LogP contribution in [0.4, 0.5) is 0 Å². The van der Waals surface area contributed by atoms with E-state index in [0.717, 1.165) is 12.8 Å². The van der Waals surface area contributed by atoms with Crippen molar-refractivity contribution in [2.45, 2.75) is 32.8 Å². The van der Waals surface area contributed by atoms with Crippen LogP contribution >= 0.6 is 0 Å². The predicted molar refractivity (Wildman–Crippen MR) is 41.9 cm³/mol. The van der Waals surface area contributed by atoms with Crippen LogP contribution in [0.15, 0.2) is 0 Å². The lowest BCUT2D eigenvalue weighted by Crippen LogP contribution is -2.29. The Balaban J connectivity index is 2.41. The van der Waals surface area contributed by atoms with Gasteiger partial charge in [-0.15, -0.1) is 0 Å². The van der Waals surface area contributed by atoms with E-state index in [2.05, 4.69) is 0 Å². The molecule has 0 aromatic rings. The molecule has 1 saturated carbocycles. The summed E-state index contributed by atoms with van der Waals surface area (Å²) >= 11 is 0. The molecule has 0 heterocycles. The van der Waals surface area contributed by atoms with Gasteiger partial charge in [0.15, 0.2) is 0 Å². The lowest BCUT2D eigenvalue weighted by molar-refractivity contribution is -0.153. The molecule has 1 aliphatic rings. The first kappa shape index (κ1) is 8.53. The lowest BCUT2D eigenvalue weighted by atomic mass is 10.1. The second-order valence-corrected chi connectivity index (χ2v) is 3.44. The number of carbonyl (C=O) groups excluding carboxylic acids is 1. The van der Waals surface area contributed by atoms with Crippen molar-refractivity contribution in [3.05, 3.63) is 0 Å². The summed E-state index contributed by atoms with van der Waals surface area (Å²) in [6.45, 7) is 4.13. The summed E-state index contributed by atoms with van der Waals surface area (Å²) in [6, 6.07) is 0. The largest absolute Gasteiger partial charge is 0.463 e. The van der Waals surface area contributed by atoms with Crippen molar-refractivity contribution in [1.29, 1.82) is 0 Å². The van der Waals surface area contributed by atoms with Crippen LogP contribution in [0.5, 0.6) is 0 Å². The van der Waals surface area contributed by atoms with Gasteiger partial charge in [0.1, 0.15) is 0 Å². The molecule has 0 aliphatic heterocycles. The average Bonchev–Trinajstić information content (AvgIpc) is 2.65. The molecular weight excluding hydrogens is 142 g/mol. The van der Waals surface area contributed by atoms with Crippen molar-refractivity contribution in [3.63, 3.8) is 0 Å². The minimum Gasteiger partial charge on any atom is -0.463 e. The third-order valence-corrected chi connectivity index (χ3v) is 2.02. The molecule has 0 amide bonds. The number of ether oxygens (including phenoxy) is 1. The van der Waals surface area contributed by atoms with Crippen molar-refractivity contribution < 1.29 is 9.53 Å². The van der Waals surface area contributed by atoms with Crippen molar-refractivity contribution >= 4 is 5.97 Å². The standard InChI is InChI=1S/C8H15NO2/c1-6(2)11-7(10)8(5-9)3-4-8/h6H,3-5,9H2,1-2H3. The van der Waals surface area contributed by atoms with Gasteiger partial charge in [0.2, 0.25) is 0 Å². The highest BCUT2D eigenvalue weighted by Crippen LogP contribution is 2.45. The van der Waals surface area contributed by atoms with Gasteiger partial charge in [-0.25, -0.2) is 0 Å². The first-order chi connectivity index (χ1) is 5.10. The minimum absolute atomic E-state index is 0.0217. The first-order valence-corrected chi connectivity index (χ1v) is 4.02. The monoisotopic (exact) mass is 157 g/mol. The summed E-state index contributed by atoms with van der Waals surface area (Å²) in [5, 5.41) is 0. The Morgan fingerprint density at radius 1 is 1.64 bits per heavy atom. The number of nitrogens with two attached hydrogens (primary N) is 1. The normalized spacial score (nSPS) is 20.0. The maximum atomic E-state index is 11.3. The van der Waals surface area contributed by atoms with Gasteiger partial charge in [-0.05, 0) is 26.7 Å². The van der Waals surface area contributed by atoms with Gasteiger partial charge in [-0.2, -0.15) is 0 Å². The van der Waals surface area contributed by atoms with Gasteiger partial charge < -0.3 is 10.5 Å². The second-order valence-electron chi connectivity index (χ2n) is 3.44. The van der Waals surface area contributed by atoms with E-state index >= 15 is 0 Å². The fourth-order valence-corrected chi connectivity index (χ4v) is 0.982. The molecular formula is C8H15NO2. The molecule has 1 aliphatic carbocycles. The summed E-state index contributed by atoms with van der Waals surface area (Å²) < 4.78 is 5.05. The molecule has 3 nitrogen and oxygen atoms in total. The molecule has 2 N–H and O–H groups in total. The number of hydrogen-bond acceptors (Lipinski definition) is 3. The van der Waals surface area contributed by atoms with E-state index in [1.807, 2.05) is 13.8 Å². The van der Waals surface area contributed by atoms with Gasteiger partial charge >= 0.3 is 5.97 Å². The molecule has 0 saturated heterocycles. The van der Waals surface area contributed by atoms with E-state index in [9.17, 15) is 4.79 Å². The summed E-state index contributed by atoms with van der Waals surface area (Å²) in [7, 11) is 0. The van der Waals surface area contributed by atoms with Crippen LogP contribution in [0.1, 0.15) is 26.7 Å². The van der Waals surface area contributed by atoms with Crippen LogP contribution in [0.2, 0.25) is 0 Å². The average molecular weight is 157 g/mol. The molecule has 1 fully saturated rings. The molecule has 64 valence electrons. The lowest BCUT2D eigenvalue weighted by Gasteiger charge is -2.13. The quantitative estimate of drug-likeness (QED) is 0.613. The van der Waals surface area contributed by atoms with E-state index in [1.54, 1.807) is 0 Å². The smallest absolute Gasteiger partial charge is 0.313 e. The molecule has 0 unspecified atom stereocenters. The van der Waals surface area contributed by atoms with E-state index in [0.29, 0.717) is 6.54 Å². The number of esters is 1. The molecule has 0 aromatic heterocycles. The third-order valence-electron chi connectivity index (χ3n) is 2.02. The Hall–Kier alpha value is -0.570. The molecule has 0 bridgehead atoms. The van der Waals surface area contributed by atoms with E-state index < -0.39 is 0 Å². The third kappa shape index (κ3) is 1.71. The van der Waals surface area contributed by atoms with Gasteiger partial charge in [-0.3, -0.25) is 4.79 Å². The molecule has 0 atom stereocenters. The summed E-state index contributed by atoms with van der Waals surface area (Å²) in [4.78, 5) is 11.3. The highest BCUT2D eigenvalue weighted by molar-refractivity contribution is 5.80. The van der Waals surface area contributed by atoms with Gasteiger partial charge in [-0.1, -0.05) is 0 Å². The van der Waals surface area contributed by atoms with Crippen molar-refractivity contribution in [2.24, 2.45) is 11.1 Å². The molecule has 3 heteroatoms.